The van der Waals surface area contributed by atoms with Crippen molar-refractivity contribution >= 4 is 5.71 Å². The fraction of sp³-hybridized carbons (Fsp3) is 0.385. The molecule has 1 aromatic heterocycles. The van der Waals surface area contributed by atoms with Gasteiger partial charge in [0.05, 0.1) is 0 Å². The molecular weight excluding hydrogens is 184 g/mol. The van der Waals surface area contributed by atoms with E-state index in [9.17, 15) is 0 Å². The lowest BCUT2D eigenvalue weighted by Gasteiger charge is -2.10. The first-order chi connectivity index (χ1) is 7.29. The number of rotatable bonds is 4. The van der Waals surface area contributed by atoms with Crippen molar-refractivity contribution in [3.05, 3.63) is 42.2 Å². The second-order valence-corrected chi connectivity index (χ2v) is 3.38. The smallest absolute Gasteiger partial charge is 0.0491 e. The molecule has 1 rings (SSSR count). The predicted octanol–water partition coefficient (Wildman–Crippen LogP) is 3.22. The molecule has 0 spiro atoms. The van der Waals surface area contributed by atoms with Crippen LogP contribution in [0.3, 0.4) is 0 Å². The lowest BCUT2D eigenvalue weighted by Crippen LogP contribution is -2.08. The number of nitrogens with zero attached hydrogens (tertiary/aromatic N) is 2. The summed E-state index contributed by atoms with van der Waals surface area (Å²) in [6.07, 6.45) is 5.90. The van der Waals surface area contributed by atoms with Gasteiger partial charge in [0, 0.05) is 30.1 Å². The minimum atomic E-state index is 0.266. The quantitative estimate of drug-likeness (QED) is 0.688. The Bertz CT molecular complexity index is 339. The second-order valence-electron chi connectivity index (χ2n) is 3.38. The van der Waals surface area contributed by atoms with Crippen LogP contribution in [0, 0.1) is 0 Å². The van der Waals surface area contributed by atoms with Gasteiger partial charge in [-0.25, -0.2) is 0 Å². The first kappa shape index (κ1) is 11.6. The van der Waals surface area contributed by atoms with E-state index < -0.39 is 0 Å². The zero-order valence-electron chi connectivity index (χ0n) is 9.64. The molecule has 15 heavy (non-hydrogen) atoms. The van der Waals surface area contributed by atoms with E-state index in [-0.39, 0.29) is 5.92 Å². The highest BCUT2D eigenvalue weighted by molar-refractivity contribution is 5.99. The van der Waals surface area contributed by atoms with Crippen molar-refractivity contribution < 1.29 is 0 Å². The van der Waals surface area contributed by atoms with Gasteiger partial charge >= 0.3 is 0 Å². The maximum absolute atomic E-state index is 4.48. The van der Waals surface area contributed by atoms with E-state index in [1.165, 1.54) is 0 Å². The molecule has 0 amide bonds. The van der Waals surface area contributed by atoms with Gasteiger partial charge in [-0.2, -0.15) is 0 Å². The SMILES string of the molecule is C/C=C\C(=NCC)C(C)c1ccccn1. The highest BCUT2D eigenvalue weighted by atomic mass is 14.7. The van der Waals surface area contributed by atoms with Gasteiger partial charge in [-0.1, -0.05) is 19.1 Å². The standard InChI is InChI=1S/C13H18N2/c1-4-8-12(14-5-2)11(3)13-9-6-7-10-15-13/h4,6-11H,5H2,1-3H3/b8-4-,14-12?. The van der Waals surface area contributed by atoms with Crippen LogP contribution in [-0.4, -0.2) is 17.2 Å². The molecule has 0 aliphatic carbocycles. The third-order valence-corrected chi connectivity index (χ3v) is 2.25. The van der Waals surface area contributed by atoms with Crippen LogP contribution in [0.5, 0.6) is 0 Å². The summed E-state index contributed by atoms with van der Waals surface area (Å²) in [5, 5.41) is 0. The molecule has 0 bridgehead atoms. The maximum Gasteiger partial charge on any atom is 0.0491 e. The molecule has 0 saturated heterocycles. The summed E-state index contributed by atoms with van der Waals surface area (Å²) in [7, 11) is 0. The van der Waals surface area contributed by atoms with Crippen LogP contribution in [0.2, 0.25) is 0 Å². The first-order valence-electron chi connectivity index (χ1n) is 5.37. The van der Waals surface area contributed by atoms with E-state index in [0.29, 0.717) is 0 Å². The zero-order chi connectivity index (χ0) is 11.1. The minimum Gasteiger partial charge on any atom is -0.289 e. The van der Waals surface area contributed by atoms with Gasteiger partial charge in [0.25, 0.3) is 0 Å². The first-order valence-corrected chi connectivity index (χ1v) is 5.37. The molecular formula is C13H18N2. The van der Waals surface area contributed by atoms with Gasteiger partial charge in [-0.05, 0) is 32.1 Å². The van der Waals surface area contributed by atoms with Crippen molar-refractivity contribution in [3.63, 3.8) is 0 Å². The van der Waals surface area contributed by atoms with Crippen LogP contribution in [0.25, 0.3) is 0 Å². The highest BCUT2D eigenvalue weighted by Crippen LogP contribution is 2.14. The molecule has 1 aromatic rings. The molecule has 0 N–H and O–H groups in total. The third-order valence-electron chi connectivity index (χ3n) is 2.25. The van der Waals surface area contributed by atoms with Gasteiger partial charge in [0.2, 0.25) is 0 Å². The number of allylic oxidation sites excluding steroid dienone is 2. The Labute approximate surface area is 91.8 Å². The Morgan fingerprint density at radius 2 is 2.33 bits per heavy atom. The molecule has 2 nitrogen and oxygen atoms in total. The summed E-state index contributed by atoms with van der Waals surface area (Å²) in [6, 6.07) is 5.99. The van der Waals surface area contributed by atoms with Gasteiger partial charge < -0.3 is 0 Å². The van der Waals surface area contributed by atoms with Crippen molar-refractivity contribution in [2.75, 3.05) is 6.54 Å². The summed E-state index contributed by atoms with van der Waals surface area (Å²) in [5.41, 5.74) is 2.17. The molecule has 1 unspecified atom stereocenters. The van der Waals surface area contributed by atoms with E-state index in [4.69, 9.17) is 0 Å². The van der Waals surface area contributed by atoms with Crippen molar-refractivity contribution in [3.8, 4) is 0 Å². The number of aromatic nitrogens is 1. The molecule has 2 heteroatoms. The molecule has 80 valence electrons. The summed E-state index contributed by atoms with van der Waals surface area (Å²) in [6.45, 7) is 7.01. The van der Waals surface area contributed by atoms with Crippen molar-refractivity contribution in [1.82, 2.24) is 4.98 Å². The largest absolute Gasteiger partial charge is 0.289 e. The predicted molar refractivity (Wildman–Crippen MR) is 65.4 cm³/mol. The van der Waals surface area contributed by atoms with Crippen molar-refractivity contribution in [1.29, 1.82) is 0 Å². The van der Waals surface area contributed by atoms with Gasteiger partial charge in [0.15, 0.2) is 0 Å². The van der Waals surface area contributed by atoms with E-state index in [1.54, 1.807) is 0 Å². The van der Waals surface area contributed by atoms with Crippen LogP contribution < -0.4 is 0 Å². The summed E-state index contributed by atoms with van der Waals surface area (Å²) in [5.74, 6) is 0.266. The van der Waals surface area contributed by atoms with Gasteiger partial charge in [-0.3, -0.25) is 9.98 Å². The lowest BCUT2D eigenvalue weighted by atomic mass is 10.0. The molecule has 1 atom stereocenters. The monoisotopic (exact) mass is 202 g/mol. The Kier molecular flexibility index (Phi) is 4.75. The summed E-state index contributed by atoms with van der Waals surface area (Å²) >= 11 is 0. The van der Waals surface area contributed by atoms with E-state index in [2.05, 4.69) is 29.9 Å². The average Bonchev–Trinajstić information content (AvgIpc) is 2.29. The average molecular weight is 202 g/mol. The molecule has 0 aliphatic heterocycles. The normalized spacial score (nSPS) is 14.5. The number of hydrogen-bond acceptors (Lipinski definition) is 2. The van der Waals surface area contributed by atoms with E-state index >= 15 is 0 Å². The van der Waals surface area contributed by atoms with Crippen molar-refractivity contribution in [2.24, 2.45) is 4.99 Å². The fourth-order valence-corrected chi connectivity index (χ4v) is 1.47. The molecule has 0 saturated carbocycles. The minimum absolute atomic E-state index is 0.266. The topological polar surface area (TPSA) is 25.2 Å². The Hall–Kier alpha value is -1.44. The summed E-state index contributed by atoms with van der Waals surface area (Å²) in [4.78, 5) is 8.83. The zero-order valence-corrected chi connectivity index (χ0v) is 9.64. The molecule has 1 heterocycles. The van der Waals surface area contributed by atoms with Crippen LogP contribution in [-0.2, 0) is 0 Å². The number of aliphatic imine (C=N–C) groups is 1. The number of hydrogen-bond donors (Lipinski definition) is 0. The van der Waals surface area contributed by atoms with Crippen LogP contribution >= 0.6 is 0 Å². The lowest BCUT2D eigenvalue weighted by molar-refractivity contribution is 0.938. The molecule has 0 fully saturated rings. The second kappa shape index (κ2) is 6.12. The van der Waals surface area contributed by atoms with Crippen molar-refractivity contribution in [2.45, 2.75) is 26.7 Å². The molecule has 0 aliphatic rings. The Morgan fingerprint density at radius 3 is 2.87 bits per heavy atom. The van der Waals surface area contributed by atoms with Crippen LogP contribution in [0.15, 0.2) is 41.5 Å². The summed E-state index contributed by atoms with van der Waals surface area (Å²) < 4.78 is 0. The third kappa shape index (κ3) is 3.31. The Balaban J connectivity index is 2.91. The highest BCUT2D eigenvalue weighted by Gasteiger charge is 2.10. The Morgan fingerprint density at radius 1 is 1.53 bits per heavy atom. The van der Waals surface area contributed by atoms with E-state index in [0.717, 1.165) is 18.0 Å². The van der Waals surface area contributed by atoms with Gasteiger partial charge in [0.1, 0.15) is 0 Å². The van der Waals surface area contributed by atoms with Crippen LogP contribution in [0.4, 0.5) is 0 Å². The fourth-order valence-electron chi connectivity index (χ4n) is 1.47. The number of pyridine rings is 1. The van der Waals surface area contributed by atoms with Gasteiger partial charge in [-0.15, -0.1) is 0 Å². The molecule has 0 aromatic carbocycles. The van der Waals surface area contributed by atoms with E-state index in [1.807, 2.05) is 37.4 Å². The molecule has 0 radical (unpaired) electrons. The maximum atomic E-state index is 4.48. The van der Waals surface area contributed by atoms with Crippen LogP contribution in [0.1, 0.15) is 32.4 Å².